The van der Waals surface area contributed by atoms with E-state index in [0.717, 1.165) is 35.2 Å². The number of rotatable bonds is 6. The summed E-state index contributed by atoms with van der Waals surface area (Å²) in [5, 5.41) is 19.6. The molecule has 0 spiro atoms. The normalized spacial score (nSPS) is 15.9. The number of carbonyl (C=O) groups excluding carboxylic acids is 1. The summed E-state index contributed by atoms with van der Waals surface area (Å²) in [5.41, 5.74) is 2.64. The van der Waals surface area contributed by atoms with Gasteiger partial charge in [-0.2, -0.15) is 5.26 Å². The molecule has 2 aromatic rings. The maximum absolute atomic E-state index is 11.0. The molecule has 1 aliphatic rings. The maximum atomic E-state index is 11.0. The third-order valence-electron chi connectivity index (χ3n) is 4.72. The van der Waals surface area contributed by atoms with Gasteiger partial charge >= 0.3 is 0 Å². The third kappa shape index (κ3) is 3.11. The van der Waals surface area contributed by atoms with Crippen molar-refractivity contribution in [1.29, 1.82) is 5.26 Å². The fourth-order valence-corrected chi connectivity index (χ4v) is 3.32. The molecule has 1 fully saturated rings. The first-order chi connectivity index (χ1) is 12.1. The summed E-state index contributed by atoms with van der Waals surface area (Å²) in [6, 6.07) is 11.1. The van der Waals surface area contributed by atoms with Gasteiger partial charge in [-0.1, -0.05) is 29.8 Å². The van der Waals surface area contributed by atoms with Gasteiger partial charge in [0, 0.05) is 29.4 Å². The molecule has 128 valence electrons. The third-order valence-corrected chi connectivity index (χ3v) is 5.04. The van der Waals surface area contributed by atoms with Gasteiger partial charge in [-0.15, -0.1) is 0 Å². The molecule has 0 radical (unpaired) electrons. The van der Waals surface area contributed by atoms with Crippen LogP contribution in [0.25, 0.3) is 11.1 Å². The standard InChI is InChI=1S/C19H18ClN3O2/c1-23(12-25)17(10-24)13-4-5-14(16(20)9-13)15-3-2-8-22-18(15)19(11-21)6-7-19/h2-5,8-9,12,17,24H,6-7,10H2,1H3. The molecule has 1 aliphatic carbocycles. The first-order valence-corrected chi connectivity index (χ1v) is 8.39. The molecule has 1 N–H and O–H groups in total. The number of nitrogens with zero attached hydrogens (tertiary/aromatic N) is 3. The van der Waals surface area contributed by atoms with E-state index in [1.807, 2.05) is 24.3 Å². The first kappa shape index (κ1) is 17.4. The Morgan fingerprint density at radius 3 is 2.76 bits per heavy atom. The lowest BCUT2D eigenvalue weighted by atomic mass is 9.93. The number of aliphatic hydroxyl groups is 1. The molecule has 0 saturated heterocycles. The number of aromatic nitrogens is 1. The number of benzene rings is 1. The van der Waals surface area contributed by atoms with Gasteiger partial charge in [-0.25, -0.2) is 0 Å². The molecule has 3 rings (SSSR count). The largest absolute Gasteiger partial charge is 0.394 e. The van der Waals surface area contributed by atoms with Crippen molar-refractivity contribution >= 4 is 18.0 Å². The van der Waals surface area contributed by atoms with Gasteiger partial charge in [0.05, 0.1) is 24.4 Å². The smallest absolute Gasteiger partial charge is 0.210 e. The van der Waals surface area contributed by atoms with E-state index in [0.29, 0.717) is 11.4 Å². The topological polar surface area (TPSA) is 77.2 Å². The number of carbonyl (C=O) groups is 1. The Morgan fingerprint density at radius 2 is 2.20 bits per heavy atom. The molecule has 1 unspecified atom stereocenters. The molecular weight excluding hydrogens is 338 g/mol. The van der Waals surface area contributed by atoms with Crippen molar-refractivity contribution in [2.75, 3.05) is 13.7 Å². The van der Waals surface area contributed by atoms with Gasteiger partial charge in [0.15, 0.2) is 0 Å². The Kier molecular flexibility index (Phi) is 4.76. The van der Waals surface area contributed by atoms with E-state index >= 15 is 0 Å². The van der Waals surface area contributed by atoms with Crippen molar-refractivity contribution < 1.29 is 9.90 Å². The minimum atomic E-state index is -0.510. The van der Waals surface area contributed by atoms with Crippen LogP contribution in [0.1, 0.15) is 30.1 Å². The minimum Gasteiger partial charge on any atom is -0.394 e. The first-order valence-electron chi connectivity index (χ1n) is 8.01. The second-order valence-electron chi connectivity index (χ2n) is 6.30. The molecular formula is C19H18ClN3O2. The molecule has 6 heteroatoms. The van der Waals surface area contributed by atoms with E-state index in [1.165, 1.54) is 4.90 Å². The molecule has 1 saturated carbocycles. The Labute approximate surface area is 151 Å². The summed E-state index contributed by atoms with van der Waals surface area (Å²) >= 11 is 6.50. The summed E-state index contributed by atoms with van der Waals surface area (Å²) < 4.78 is 0. The number of pyridine rings is 1. The summed E-state index contributed by atoms with van der Waals surface area (Å²) in [5.74, 6) is 0. The van der Waals surface area contributed by atoms with E-state index in [-0.39, 0.29) is 6.61 Å². The van der Waals surface area contributed by atoms with Crippen LogP contribution in [0.2, 0.25) is 5.02 Å². The van der Waals surface area contributed by atoms with Crippen molar-refractivity contribution in [3.8, 4) is 17.2 Å². The molecule has 1 aromatic carbocycles. The van der Waals surface area contributed by atoms with Crippen LogP contribution in [0, 0.1) is 11.3 Å². The van der Waals surface area contributed by atoms with Crippen LogP contribution in [-0.4, -0.2) is 35.1 Å². The van der Waals surface area contributed by atoms with Gasteiger partial charge in [0.25, 0.3) is 0 Å². The van der Waals surface area contributed by atoms with E-state index in [2.05, 4.69) is 11.1 Å². The molecule has 1 atom stereocenters. The summed E-state index contributed by atoms with van der Waals surface area (Å²) in [4.78, 5) is 16.8. The Hall–Kier alpha value is -2.42. The van der Waals surface area contributed by atoms with Crippen molar-refractivity contribution in [2.45, 2.75) is 24.3 Å². The van der Waals surface area contributed by atoms with Crippen LogP contribution in [0.4, 0.5) is 0 Å². The predicted molar refractivity (Wildman–Crippen MR) is 94.9 cm³/mol. The number of aliphatic hydroxyl groups excluding tert-OH is 1. The van der Waals surface area contributed by atoms with Crippen LogP contribution in [0.3, 0.4) is 0 Å². The molecule has 25 heavy (non-hydrogen) atoms. The fraction of sp³-hybridized carbons (Fsp3) is 0.316. The summed E-state index contributed by atoms with van der Waals surface area (Å²) in [6.07, 6.45) is 3.98. The number of hydrogen-bond acceptors (Lipinski definition) is 4. The number of hydrogen-bond donors (Lipinski definition) is 1. The second-order valence-corrected chi connectivity index (χ2v) is 6.71. The van der Waals surface area contributed by atoms with Crippen molar-refractivity contribution in [3.05, 3.63) is 52.8 Å². The van der Waals surface area contributed by atoms with Crippen LogP contribution in [0.15, 0.2) is 36.5 Å². The summed E-state index contributed by atoms with van der Waals surface area (Å²) in [7, 11) is 1.61. The number of likely N-dealkylation sites (N-methyl/N-ethyl adjacent to an activating group) is 1. The van der Waals surface area contributed by atoms with Crippen molar-refractivity contribution in [3.63, 3.8) is 0 Å². The highest BCUT2D eigenvalue weighted by molar-refractivity contribution is 6.33. The van der Waals surface area contributed by atoms with Crippen LogP contribution >= 0.6 is 11.6 Å². The van der Waals surface area contributed by atoms with Crippen LogP contribution in [-0.2, 0) is 10.2 Å². The highest BCUT2D eigenvalue weighted by atomic mass is 35.5. The lowest BCUT2D eigenvalue weighted by Gasteiger charge is -2.23. The van der Waals surface area contributed by atoms with Crippen molar-refractivity contribution in [2.24, 2.45) is 0 Å². The number of amides is 1. The minimum absolute atomic E-state index is 0.194. The van der Waals surface area contributed by atoms with Gasteiger partial charge in [0.1, 0.15) is 5.41 Å². The predicted octanol–water partition coefficient (Wildman–Crippen LogP) is 3.08. The molecule has 0 aliphatic heterocycles. The average molecular weight is 356 g/mol. The van der Waals surface area contributed by atoms with Gasteiger partial charge < -0.3 is 10.0 Å². The van der Waals surface area contributed by atoms with Gasteiger partial charge in [-0.3, -0.25) is 9.78 Å². The zero-order valence-corrected chi connectivity index (χ0v) is 14.6. The Bertz CT molecular complexity index is 843. The van der Waals surface area contributed by atoms with E-state index < -0.39 is 11.5 Å². The lowest BCUT2D eigenvalue weighted by Crippen LogP contribution is -2.25. The molecule has 1 amide bonds. The summed E-state index contributed by atoms with van der Waals surface area (Å²) in [6.45, 7) is -0.194. The monoisotopic (exact) mass is 355 g/mol. The van der Waals surface area contributed by atoms with E-state index in [4.69, 9.17) is 11.6 Å². The zero-order chi connectivity index (χ0) is 18.0. The second kappa shape index (κ2) is 6.83. The van der Waals surface area contributed by atoms with Gasteiger partial charge in [0.2, 0.25) is 6.41 Å². The Morgan fingerprint density at radius 1 is 1.44 bits per heavy atom. The Balaban J connectivity index is 2.04. The van der Waals surface area contributed by atoms with Crippen molar-refractivity contribution in [1.82, 2.24) is 9.88 Å². The fourth-order valence-electron chi connectivity index (χ4n) is 3.03. The van der Waals surface area contributed by atoms with E-state index in [9.17, 15) is 15.2 Å². The lowest BCUT2D eigenvalue weighted by molar-refractivity contribution is -0.119. The molecule has 0 bridgehead atoms. The highest BCUT2D eigenvalue weighted by Crippen LogP contribution is 2.50. The quantitative estimate of drug-likeness (QED) is 0.808. The van der Waals surface area contributed by atoms with Crippen LogP contribution in [0.5, 0.6) is 0 Å². The highest BCUT2D eigenvalue weighted by Gasteiger charge is 2.47. The van der Waals surface area contributed by atoms with Crippen LogP contribution < -0.4 is 0 Å². The number of halogens is 1. The molecule has 1 aromatic heterocycles. The molecule has 1 heterocycles. The van der Waals surface area contributed by atoms with E-state index in [1.54, 1.807) is 19.3 Å². The zero-order valence-electron chi connectivity index (χ0n) is 13.8. The molecule has 5 nitrogen and oxygen atoms in total. The number of nitriles is 1. The average Bonchev–Trinajstić information content (AvgIpc) is 3.43. The maximum Gasteiger partial charge on any atom is 0.210 e. The SMILES string of the molecule is CN(C=O)C(CO)c1ccc(-c2cccnc2C2(C#N)CC2)c(Cl)c1. The van der Waals surface area contributed by atoms with Gasteiger partial charge in [-0.05, 0) is 30.5 Å².